The van der Waals surface area contributed by atoms with Gasteiger partial charge < -0.3 is 31.9 Å². The molecule has 0 amide bonds. The lowest BCUT2D eigenvalue weighted by Crippen LogP contribution is -2.51. The largest absolute Gasteiger partial charge is 0.679 e. The summed E-state index contributed by atoms with van der Waals surface area (Å²) >= 11 is 0. The molecular weight excluding hydrogens is 284 g/mol. The van der Waals surface area contributed by atoms with E-state index in [1.54, 1.807) is 21.3 Å². The SMILES string of the molecule is CCCO[Si](OCCOC)(OCCOC)OCCOC. The molecule has 0 rings (SSSR count). The lowest BCUT2D eigenvalue weighted by molar-refractivity contribution is -0.0559. The molecule has 0 atom stereocenters. The molecule has 0 saturated carbocycles. The maximum absolute atomic E-state index is 5.72. The van der Waals surface area contributed by atoms with Crippen molar-refractivity contribution >= 4 is 9.05 Å². The van der Waals surface area contributed by atoms with Crippen LogP contribution in [0.15, 0.2) is 0 Å². The van der Waals surface area contributed by atoms with Gasteiger partial charge in [-0.3, -0.25) is 0 Å². The summed E-state index contributed by atoms with van der Waals surface area (Å²) in [7, 11) is 1.66. The second-order valence-electron chi connectivity index (χ2n) is 3.87. The second-order valence-corrected chi connectivity index (χ2v) is 6.03. The van der Waals surface area contributed by atoms with E-state index >= 15 is 0 Å². The zero-order chi connectivity index (χ0) is 15.1. The molecule has 0 aromatic rings. The zero-order valence-corrected chi connectivity index (χ0v) is 14.0. The summed E-state index contributed by atoms with van der Waals surface area (Å²) in [4.78, 5) is 0. The Morgan fingerprint density at radius 1 is 0.550 bits per heavy atom. The first-order valence-electron chi connectivity index (χ1n) is 6.77. The number of hydrogen-bond acceptors (Lipinski definition) is 7. The summed E-state index contributed by atoms with van der Waals surface area (Å²) in [6.45, 7) is 4.94. The number of methoxy groups -OCH3 is 3. The Bertz CT molecular complexity index is 180. The van der Waals surface area contributed by atoms with Gasteiger partial charge in [0, 0.05) is 27.9 Å². The fraction of sp³-hybridized carbons (Fsp3) is 1.00. The van der Waals surface area contributed by atoms with Crippen molar-refractivity contribution < 1.29 is 31.9 Å². The molecule has 0 aliphatic carbocycles. The van der Waals surface area contributed by atoms with Crippen LogP contribution in [0.25, 0.3) is 0 Å². The van der Waals surface area contributed by atoms with E-state index in [1.165, 1.54) is 0 Å². The Kier molecular flexibility index (Phi) is 13.9. The minimum absolute atomic E-state index is 0.354. The third kappa shape index (κ3) is 9.78. The molecule has 0 N–H and O–H groups in total. The van der Waals surface area contributed by atoms with E-state index in [4.69, 9.17) is 31.9 Å². The molecule has 20 heavy (non-hydrogen) atoms. The van der Waals surface area contributed by atoms with E-state index in [1.807, 2.05) is 6.92 Å². The van der Waals surface area contributed by atoms with Crippen molar-refractivity contribution in [1.29, 1.82) is 0 Å². The lowest BCUT2D eigenvalue weighted by Gasteiger charge is -2.27. The summed E-state index contributed by atoms with van der Waals surface area (Å²) in [6.07, 6.45) is 0.851. The van der Waals surface area contributed by atoms with E-state index in [9.17, 15) is 0 Å². The van der Waals surface area contributed by atoms with Crippen LogP contribution in [0.4, 0.5) is 0 Å². The molecule has 122 valence electrons. The van der Waals surface area contributed by atoms with Gasteiger partial charge in [0.1, 0.15) is 0 Å². The van der Waals surface area contributed by atoms with Crippen molar-refractivity contribution in [2.24, 2.45) is 0 Å². The smallest absolute Gasteiger partial charge is 0.382 e. The van der Waals surface area contributed by atoms with Crippen LogP contribution < -0.4 is 0 Å². The normalized spacial score (nSPS) is 12.0. The Morgan fingerprint density at radius 2 is 0.900 bits per heavy atom. The van der Waals surface area contributed by atoms with Gasteiger partial charge in [0.15, 0.2) is 0 Å². The van der Waals surface area contributed by atoms with E-state index in [0.717, 1.165) is 6.42 Å². The van der Waals surface area contributed by atoms with Gasteiger partial charge >= 0.3 is 9.05 Å². The van der Waals surface area contributed by atoms with Crippen LogP contribution in [-0.2, 0) is 31.9 Å². The molecule has 0 heterocycles. The summed E-state index contributed by atoms with van der Waals surface area (Å²) in [6, 6.07) is 0. The van der Waals surface area contributed by atoms with Gasteiger partial charge in [-0.1, -0.05) is 6.92 Å². The van der Waals surface area contributed by atoms with Crippen molar-refractivity contribution in [3.05, 3.63) is 0 Å². The highest BCUT2D eigenvalue weighted by Gasteiger charge is 2.45. The molecule has 0 unspecified atom stereocenters. The molecule has 8 heteroatoms. The van der Waals surface area contributed by atoms with Gasteiger partial charge in [-0.2, -0.15) is 0 Å². The summed E-state index contributed by atoms with van der Waals surface area (Å²) in [5, 5.41) is 0. The first-order chi connectivity index (χ1) is 9.74. The second kappa shape index (κ2) is 13.9. The summed E-state index contributed by atoms with van der Waals surface area (Å²) < 4.78 is 37.8. The fourth-order valence-electron chi connectivity index (χ4n) is 1.23. The van der Waals surface area contributed by atoms with Crippen molar-refractivity contribution in [2.45, 2.75) is 13.3 Å². The van der Waals surface area contributed by atoms with Crippen molar-refractivity contribution in [3.8, 4) is 0 Å². The molecule has 0 fully saturated rings. The molecule has 0 bridgehead atoms. The average molecular weight is 312 g/mol. The molecule has 0 aliphatic rings. The van der Waals surface area contributed by atoms with Crippen molar-refractivity contribution in [3.63, 3.8) is 0 Å². The molecule has 0 aliphatic heterocycles. The van der Waals surface area contributed by atoms with Gasteiger partial charge in [0.2, 0.25) is 0 Å². The third-order valence-electron chi connectivity index (χ3n) is 2.18. The minimum Gasteiger partial charge on any atom is -0.382 e. The molecule has 0 saturated heterocycles. The Labute approximate surface area is 122 Å². The molecule has 7 nitrogen and oxygen atoms in total. The van der Waals surface area contributed by atoms with Gasteiger partial charge in [-0.05, 0) is 6.42 Å². The average Bonchev–Trinajstić information content (AvgIpc) is 2.46. The fourth-order valence-corrected chi connectivity index (χ4v) is 3.18. The maximum atomic E-state index is 5.72. The van der Waals surface area contributed by atoms with Crippen molar-refractivity contribution in [2.75, 3.05) is 67.6 Å². The van der Waals surface area contributed by atoms with Crippen LogP contribution in [0.2, 0.25) is 0 Å². The standard InChI is InChI=1S/C12H28O7Si/c1-5-6-16-20(17-10-7-13-2,18-11-8-14-3)19-12-9-15-4/h5-12H2,1-4H3. The van der Waals surface area contributed by atoms with Crippen LogP contribution in [0.1, 0.15) is 13.3 Å². The van der Waals surface area contributed by atoms with Crippen LogP contribution in [-0.4, -0.2) is 76.6 Å². The monoisotopic (exact) mass is 312 g/mol. The molecule has 0 aromatic heterocycles. The predicted octanol–water partition coefficient (Wildman–Crippen LogP) is 0.838. The first-order valence-corrected chi connectivity index (χ1v) is 8.40. The highest BCUT2D eigenvalue weighted by molar-refractivity contribution is 6.53. The maximum Gasteiger partial charge on any atom is 0.679 e. The van der Waals surface area contributed by atoms with Gasteiger partial charge in [-0.15, -0.1) is 0 Å². The third-order valence-corrected chi connectivity index (χ3v) is 4.41. The quantitative estimate of drug-likeness (QED) is 0.328. The van der Waals surface area contributed by atoms with E-state index in [0.29, 0.717) is 46.2 Å². The minimum atomic E-state index is -3.17. The number of rotatable bonds is 15. The molecule has 0 aromatic carbocycles. The van der Waals surface area contributed by atoms with Crippen molar-refractivity contribution in [1.82, 2.24) is 0 Å². The predicted molar refractivity (Wildman–Crippen MR) is 75.5 cm³/mol. The van der Waals surface area contributed by atoms with Crippen LogP contribution >= 0.6 is 0 Å². The van der Waals surface area contributed by atoms with E-state index in [2.05, 4.69) is 0 Å². The molecular formula is C12H28O7Si. The Morgan fingerprint density at radius 3 is 1.20 bits per heavy atom. The topological polar surface area (TPSA) is 64.6 Å². The molecule has 0 radical (unpaired) electrons. The number of hydrogen-bond donors (Lipinski definition) is 0. The molecule has 0 spiro atoms. The summed E-state index contributed by atoms with van der Waals surface area (Å²) in [5.74, 6) is 0. The summed E-state index contributed by atoms with van der Waals surface area (Å²) in [5.41, 5.74) is 0. The Hall–Kier alpha value is -0.0631. The van der Waals surface area contributed by atoms with Crippen LogP contribution in [0.5, 0.6) is 0 Å². The zero-order valence-electron chi connectivity index (χ0n) is 13.0. The van der Waals surface area contributed by atoms with E-state index in [-0.39, 0.29) is 0 Å². The number of ether oxygens (including phenoxy) is 3. The van der Waals surface area contributed by atoms with Gasteiger partial charge in [-0.25, -0.2) is 0 Å². The van der Waals surface area contributed by atoms with Crippen LogP contribution in [0.3, 0.4) is 0 Å². The highest BCUT2D eigenvalue weighted by atomic mass is 28.4. The Balaban J connectivity index is 4.48. The van der Waals surface area contributed by atoms with Gasteiger partial charge in [0.25, 0.3) is 0 Å². The highest BCUT2D eigenvalue weighted by Crippen LogP contribution is 2.13. The van der Waals surface area contributed by atoms with Gasteiger partial charge in [0.05, 0.1) is 39.6 Å². The van der Waals surface area contributed by atoms with Crippen LogP contribution in [0, 0.1) is 0 Å². The first kappa shape index (κ1) is 19.9. The lowest BCUT2D eigenvalue weighted by atomic mass is 10.5. The van der Waals surface area contributed by atoms with E-state index < -0.39 is 9.05 Å².